The van der Waals surface area contributed by atoms with Crippen LogP contribution in [0.3, 0.4) is 0 Å². The molecule has 12 N–H and O–H groups in total. The minimum atomic E-state index is -1.98. The van der Waals surface area contributed by atoms with Crippen LogP contribution in [-0.4, -0.2) is 236 Å². The third-order valence-electron chi connectivity index (χ3n) is 18.5. The van der Waals surface area contributed by atoms with E-state index in [4.69, 9.17) is 52.1 Å². The summed E-state index contributed by atoms with van der Waals surface area (Å²) in [6.45, 7) is 7.50. The van der Waals surface area contributed by atoms with Crippen molar-refractivity contribution in [1.29, 1.82) is 0 Å². The molecule has 6 aliphatic heterocycles. The molecule has 9 aliphatic rings. The quantitative estimate of drug-likeness (QED) is 0.0568. The standard InChI is InChI=1S/C50H82O23/c1-21-8-13-50(63-20-21)22(2)33-44(73-50)72-43-26-7-6-24-14-25(9-11-48(24,4)27(26)10-12-49(33,43)5)66-45-37(60)35(58)41(31(18-54)67-45)70-47-39(62)36(59)42(32(19-55)69-47)71-46-38(61)34(57)40(30(17-53)68-46)65-23(3)64-29(16-52)28(56)15-51/h6,21-23,25-47,51-62H,7-20H2,1-5H3/t21-,22+,23?,25+,26?,27?,28+,29?,30?,31?,32?,33?,34?,35?,36?,37?,38?,39?,40-,41-,42-,43?,44?,45-,46+,47-,48+,49-,50-/m1/s1. The predicted molar refractivity (Wildman–Crippen MR) is 246 cm³/mol. The molecule has 9 rings (SSSR count). The molecule has 23 heteroatoms. The number of hydrogen-bond acceptors (Lipinski definition) is 23. The lowest BCUT2D eigenvalue weighted by Gasteiger charge is -2.57. The Morgan fingerprint density at radius 1 is 0.685 bits per heavy atom. The van der Waals surface area contributed by atoms with Gasteiger partial charge < -0.3 is 113 Å². The predicted octanol–water partition coefficient (Wildman–Crippen LogP) is -2.38. The summed E-state index contributed by atoms with van der Waals surface area (Å²) in [4.78, 5) is 0. The SMILES string of the molecule is CC(OC(CO)[C@@H](O)CO)O[C@@H]1C(CO)O[C@@H](O[C@@H]2C(CO)O[C@H](O[C@@H]3C(CO)O[C@@H](O[C@H]4CC[C@@]5(C)C(=CCC6C7OC8O[C@]9(CC[C@@H](C)CO9)[C@@H](C)C8[C@@]7(C)CCC65)C4)C(O)C3O)C(O)C2O)C(O)C1O. The molecular formula is C50H82O23. The Labute approximate surface area is 425 Å². The smallest absolute Gasteiger partial charge is 0.187 e. The average molecular weight is 1050 g/mol. The summed E-state index contributed by atoms with van der Waals surface area (Å²) in [5, 5.41) is 127. The van der Waals surface area contributed by atoms with Crippen LogP contribution in [0.5, 0.6) is 0 Å². The van der Waals surface area contributed by atoms with E-state index in [9.17, 15) is 61.3 Å². The number of rotatable bonds is 16. The fourth-order valence-electron chi connectivity index (χ4n) is 14.3. The highest BCUT2D eigenvalue weighted by molar-refractivity contribution is 5.26. The van der Waals surface area contributed by atoms with Gasteiger partial charge in [0.25, 0.3) is 0 Å². The maximum atomic E-state index is 11.5. The molecule has 0 amide bonds. The number of hydrogen-bond donors (Lipinski definition) is 12. The van der Waals surface area contributed by atoms with Gasteiger partial charge in [0.05, 0.1) is 51.8 Å². The molecule has 23 nitrogen and oxygen atoms in total. The third kappa shape index (κ3) is 10.3. The Bertz CT molecular complexity index is 1850. The largest absolute Gasteiger partial charge is 0.394 e. The van der Waals surface area contributed by atoms with Gasteiger partial charge in [0.15, 0.2) is 37.2 Å². The van der Waals surface area contributed by atoms with Gasteiger partial charge in [-0.3, -0.25) is 0 Å². The van der Waals surface area contributed by atoms with E-state index in [-0.39, 0.29) is 41.2 Å². The zero-order chi connectivity index (χ0) is 52.5. The fraction of sp³-hybridized carbons (Fsp3) is 0.960. The van der Waals surface area contributed by atoms with Crippen molar-refractivity contribution >= 4 is 0 Å². The average Bonchev–Trinajstić information content (AvgIpc) is 3.83. The van der Waals surface area contributed by atoms with Gasteiger partial charge in [0.1, 0.15) is 85.5 Å². The lowest BCUT2D eigenvalue weighted by atomic mass is 9.48. The molecule has 0 aromatic carbocycles. The maximum absolute atomic E-state index is 11.5. The van der Waals surface area contributed by atoms with Gasteiger partial charge >= 0.3 is 0 Å². The number of fused-ring (bicyclic) bond motifs is 7. The van der Waals surface area contributed by atoms with Crippen LogP contribution in [0.4, 0.5) is 0 Å². The van der Waals surface area contributed by atoms with E-state index >= 15 is 0 Å². The van der Waals surface area contributed by atoms with Gasteiger partial charge in [-0.15, -0.1) is 0 Å². The molecule has 420 valence electrons. The third-order valence-corrected chi connectivity index (χ3v) is 18.5. The van der Waals surface area contributed by atoms with Crippen LogP contribution in [0.2, 0.25) is 0 Å². The molecule has 16 unspecified atom stereocenters. The van der Waals surface area contributed by atoms with Crippen LogP contribution in [0, 0.1) is 40.4 Å². The fourth-order valence-corrected chi connectivity index (χ4v) is 14.3. The molecular weight excluding hydrogens is 969 g/mol. The summed E-state index contributed by atoms with van der Waals surface area (Å²) in [6.07, 6.45) is -20.3. The first-order valence-electron chi connectivity index (χ1n) is 26.5. The lowest BCUT2D eigenvalue weighted by Crippen LogP contribution is -2.67. The second-order valence-corrected chi connectivity index (χ2v) is 22.9. The summed E-state index contributed by atoms with van der Waals surface area (Å²) >= 11 is 0. The summed E-state index contributed by atoms with van der Waals surface area (Å²) in [7, 11) is 0. The first-order chi connectivity index (χ1) is 34.8. The second kappa shape index (κ2) is 22.5. The van der Waals surface area contributed by atoms with Crippen LogP contribution in [0.15, 0.2) is 11.6 Å². The first-order valence-corrected chi connectivity index (χ1v) is 26.5. The molecule has 6 heterocycles. The van der Waals surface area contributed by atoms with Gasteiger partial charge in [-0.05, 0) is 75.0 Å². The zero-order valence-corrected chi connectivity index (χ0v) is 42.3. The Kier molecular flexibility index (Phi) is 17.4. The van der Waals surface area contributed by atoms with Crippen LogP contribution in [0.25, 0.3) is 0 Å². The highest BCUT2D eigenvalue weighted by atomic mass is 16.8. The van der Waals surface area contributed by atoms with Gasteiger partial charge in [-0.25, -0.2) is 0 Å². The highest BCUT2D eigenvalue weighted by Gasteiger charge is 2.70. The molecule has 1 spiro atoms. The summed E-state index contributed by atoms with van der Waals surface area (Å²) in [5.41, 5.74) is 1.15. The molecule has 3 aliphatic carbocycles. The molecule has 0 bridgehead atoms. The van der Waals surface area contributed by atoms with Gasteiger partial charge in [-0.1, -0.05) is 39.3 Å². The molecule has 2 saturated carbocycles. The van der Waals surface area contributed by atoms with E-state index in [0.29, 0.717) is 37.2 Å². The van der Waals surface area contributed by atoms with Crippen LogP contribution in [0.1, 0.15) is 86.0 Å². The monoisotopic (exact) mass is 1050 g/mol. The number of aliphatic hydroxyl groups excluding tert-OH is 12. The van der Waals surface area contributed by atoms with Crippen LogP contribution < -0.4 is 0 Å². The number of ether oxygens (including phenoxy) is 11. The lowest BCUT2D eigenvalue weighted by molar-refractivity contribution is -0.384. The minimum Gasteiger partial charge on any atom is -0.394 e. The van der Waals surface area contributed by atoms with E-state index in [1.165, 1.54) is 12.5 Å². The van der Waals surface area contributed by atoms with Gasteiger partial charge in [0.2, 0.25) is 0 Å². The summed E-state index contributed by atoms with van der Waals surface area (Å²) < 4.78 is 66.8. The van der Waals surface area contributed by atoms with Gasteiger partial charge in [0, 0.05) is 23.7 Å². The van der Waals surface area contributed by atoms with Crippen molar-refractivity contribution in [2.24, 2.45) is 40.4 Å². The van der Waals surface area contributed by atoms with Gasteiger partial charge in [-0.2, -0.15) is 0 Å². The van der Waals surface area contributed by atoms with E-state index < -0.39 is 149 Å². The summed E-state index contributed by atoms with van der Waals surface area (Å²) in [5.74, 6) is 1.15. The second-order valence-electron chi connectivity index (χ2n) is 22.9. The molecule has 6 saturated heterocycles. The summed E-state index contributed by atoms with van der Waals surface area (Å²) in [6, 6.07) is 0. The van der Waals surface area contributed by atoms with Crippen molar-refractivity contribution in [1.82, 2.24) is 0 Å². The van der Waals surface area contributed by atoms with Crippen molar-refractivity contribution in [2.45, 2.75) is 221 Å². The highest BCUT2D eigenvalue weighted by Crippen LogP contribution is 2.68. The zero-order valence-electron chi connectivity index (χ0n) is 42.3. The van der Waals surface area contributed by atoms with Crippen molar-refractivity contribution in [3.05, 3.63) is 11.6 Å². The number of allylic oxidation sites excluding steroid dienone is 1. The molecule has 8 fully saturated rings. The van der Waals surface area contributed by atoms with Crippen molar-refractivity contribution < 1.29 is 113 Å². The van der Waals surface area contributed by atoms with E-state index in [0.717, 1.165) is 38.5 Å². The maximum Gasteiger partial charge on any atom is 0.187 e. The molecule has 0 aromatic rings. The van der Waals surface area contributed by atoms with Crippen molar-refractivity contribution in [3.63, 3.8) is 0 Å². The van der Waals surface area contributed by atoms with Crippen LogP contribution in [-0.2, 0) is 52.1 Å². The number of aliphatic hydroxyl groups is 12. The molecule has 0 radical (unpaired) electrons. The van der Waals surface area contributed by atoms with E-state index in [2.05, 4.69) is 33.8 Å². The van der Waals surface area contributed by atoms with E-state index in [1.54, 1.807) is 0 Å². The molecule has 29 atom stereocenters. The normalized spacial score (nSPS) is 52.1. The van der Waals surface area contributed by atoms with Crippen LogP contribution >= 0.6 is 0 Å². The topological polar surface area (TPSA) is 344 Å². The minimum absolute atomic E-state index is 0.0325. The van der Waals surface area contributed by atoms with Crippen molar-refractivity contribution in [2.75, 3.05) is 39.6 Å². The molecule has 0 aromatic heterocycles. The Hall–Kier alpha value is -1.18. The Morgan fingerprint density at radius 2 is 1.26 bits per heavy atom. The van der Waals surface area contributed by atoms with Crippen molar-refractivity contribution in [3.8, 4) is 0 Å². The Morgan fingerprint density at radius 3 is 1.81 bits per heavy atom. The first kappa shape index (κ1) is 56.5. The molecule has 73 heavy (non-hydrogen) atoms. The van der Waals surface area contributed by atoms with E-state index in [1.807, 2.05) is 0 Å². The Balaban J connectivity index is 0.788.